The summed E-state index contributed by atoms with van der Waals surface area (Å²) >= 11 is 5.28. The van der Waals surface area contributed by atoms with Gasteiger partial charge in [0.15, 0.2) is 22.2 Å². The van der Waals surface area contributed by atoms with Crippen LogP contribution in [0.5, 0.6) is 0 Å². The molecule has 0 saturated heterocycles. The third-order valence-electron chi connectivity index (χ3n) is 4.42. The maximum Gasteiger partial charge on any atom is 0.222 e. The zero-order chi connectivity index (χ0) is 20.3. The summed E-state index contributed by atoms with van der Waals surface area (Å²) in [6.45, 7) is 4.05. The van der Waals surface area contributed by atoms with Crippen molar-refractivity contribution in [3.05, 3.63) is 70.0 Å². The van der Waals surface area contributed by atoms with E-state index in [4.69, 9.17) is 12.2 Å². The number of benzene rings is 2. The van der Waals surface area contributed by atoms with Gasteiger partial charge in [-0.3, -0.25) is 14.5 Å². The molecule has 0 aliphatic heterocycles. The predicted octanol–water partition coefficient (Wildman–Crippen LogP) is 4.46. The second kappa shape index (κ2) is 8.43. The van der Waals surface area contributed by atoms with Gasteiger partial charge in [-0.25, -0.2) is 8.78 Å². The molecule has 1 aromatic heterocycles. The van der Waals surface area contributed by atoms with Crippen LogP contribution in [0.3, 0.4) is 0 Å². The van der Waals surface area contributed by atoms with Gasteiger partial charge in [0.1, 0.15) is 0 Å². The van der Waals surface area contributed by atoms with E-state index < -0.39 is 17.7 Å². The smallest absolute Gasteiger partial charge is 0.222 e. The average Bonchev–Trinajstić information content (AvgIpc) is 3.02. The van der Waals surface area contributed by atoms with Crippen LogP contribution in [0.2, 0.25) is 0 Å². The van der Waals surface area contributed by atoms with Crippen molar-refractivity contribution >= 4 is 18.1 Å². The standard InChI is InChI=1S/C20H20F2N4OS/c1-12-4-3-5-15(10-12)19-24-25-20(28)26(19)9-8-18(27)23-13(2)14-6-7-16(21)17(22)11-14/h3-7,10-11,13H,8-9H2,1-2H3,(H,23,27)(H,25,28)/t13-/m1/s1. The number of nitrogens with zero attached hydrogens (tertiary/aromatic N) is 2. The zero-order valence-electron chi connectivity index (χ0n) is 15.5. The van der Waals surface area contributed by atoms with Gasteiger partial charge in [0.2, 0.25) is 5.91 Å². The number of H-pyrrole nitrogens is 1. The van der Waals surface area contributed by atoms with Crippen molar-refractivity contribution in [2.45, 2.75) is 32.9 Å². The van der Waals surface area contributed by atoms with Crippen molar-refractivity contribution in [1.29, 1.82) is 0 Å². The van der Waals surface area contributed by atoms with Gasteiger partial charge in [0.05, 0.1) is 6.04 Å². The molecule has 146 valence electrons. The number of rotatable bonds is 6. The first kappa shape index (κ1) is 19.9. The average molecular weight is 402 g/mol. The number of nitrogens with one attached hydrogen (secondary N) is 2. The van der Waals surface area contributed by atoms with Crippen LogP contribution in [0.4, 0.5) is 8.78 Å². The monoisotopic (exact) mass is 402 g/mol. The van der Waals surface area contributed by atoms with Crippen molar-refractivity contribution in [3.63, 3.8) is 0 Å². The highest BCUT2D eigenvalue weighted by molar-refractivity contribution is 7.71. The van der Waals surface area contributed by atoms with Gasteiger partial charge < -0.3 is 5.32 Å². The molecule has 8 heteroatoms. The second-order valence-corrected chi connectivity index (χ2v) is 6.97. The van der Waals surface area contributed by atoms with Crippen molar-refractivity contribution in [2.75, 3.05) is 0 Å². The minimum Gasteiger partial charge on any atom is -0.350 e. The minimum absolute atomic E-state index is 0.167. The summed E-state index contributed by atoms with van der Waals surface area (Å²) in [6, 6.07) is 11.0. The van der Waals surface area contributed by atoms with E-state index in [-0.39, 0.29) is 12.3 Å². The first-order chi connectivity index (χ1) is 13.3. The van der Waals surface area contributed by atoms with E-state index in [0.29, 0.717) is 22.7 Å². The van der Waals surface area contributed by atoms with Crippen LogP contribution in [-0.2, 0) is 11.3 Å². The van der Waals surface area contributed by atoms with E-state index in [1.807, 2.05) is 31.2 Å². The van der Waals surface area contributed by atoms with Gasteiger partial charge in [-0.2, -0.15) is 5.10 Å². The number of carbonyl (C=O) groups excluding carboxylic acids is 1. The van der Waals surface area contributed by atoms with Crippen molar-refractivity contribution in [1.82, 2.24) is 20.1 Å². The molecule has 3 rings (SSSR count). The van der Waals surface area contributed by atoms with Gasteiger partial charge in [-0.1, -0.05) is 29.8 Å². The highest BCUT2D eigenvalue weighted by Crippen LogP contribution is 2.19. The molecule has 0 unspecified atom stereocenters. The van der Waals surface area contributed by atoms with Crippen molar-refractivity contribution < 1.29 is 13.6 Å². The topological polar surface area (TPSA) is 62.7 Å². The van der Waals surface area contributed by atoms with Crippen LogP contribution in [0.15, 0.2) is 42.5 Å². The molecular weight excluding hydrogens is 382 g/mol. The molecule has 2 aromatic carbocycles. The molecule has 0 bridgehead atoms. The first-order valence-electron chi connectivity index (χ1n) is 8.81. The van der Waals surface area contributed by atoms with E-state index in [1.165, 1.54) is 6.07 Å². The molecule has 0 fully saturated rings. The van der Waals surface area contributed by atoms with Crippen LogP contribution in [0.25, 0.3) is 11.4 Å². The van der Waals surface area contributed by atoms with E-state index in [0.717, 1.165) is 23.3 Å². The summed E-state index contributed by atoms with van der Waals surface area (Å²) in [5.41, 5.74) is 2.49. The molecule has 0 aliphatic carbocycles. The largest absolute Gasteiger partial charge is 0.350 e. The van der Waals surface area contributed by atoms with Gasteiger partial charge in [-0.15, -0.1) is 0 Å². The lowest BCUT2D eigenvalue weighted by Crippen LogP contribution is -2.27. The normalized spacial score (nSPS) is 12.0. The molecule has 2 N–H and O–H groups in total. The van der Waals surface area contributed by atoms with Crippen LogP contribution in [0.1, 0.15) is 30.5 Å². The lowest BCUT2D eigenvalue weighted by Gasteiger charge is -2.15. The molecule has 0 spiro atoms. The molecule has 5 nitrogen and oxygen atoms in total. The van der Waals surface area contributed by atoms with Gasteiger partial charge in [0, 0.05) is 18.5 Å². The Morgan fingerprint density at radius 2 is 2.04 bits per heavy atom. The molecule has 28 heavy (non-hydrogen) atoms. The van der Waals surface area contributed by atoms with Crippen LogP contribution in [0, 0.1) is 23.3 Å². The third kappa shape index (κ3) is 4.51. The maximum absolute atomic E-state index is 13.4. The lowest BCUT2D eigenvalue weighted by atomic mass is 10.1. The Labute approximate surface area is 166 Å². The highest BCUT2D eigenvalue weighted by atomic mass is 32.1. The fourth-order valence-corrected chi connectivity index (χ4v) is 3.15. The first-order valence-corrected chi connectivity index (χ1v) is 9.22. The summed E-state index contributed by atoms with van der Waals surface area (Å²) in [7, 11) is 0. The zero-order valence-corrected chi connectivity index (χ0v) is 16.3. The van der Waals surface area contributed by atoms with Crippen molar-refractivity contribution in [2.24, 2.45) is 0 Å². The number of amides is 1. The molecule has 0 saturated carbocycles. The number of aryl methyl sites for hydroxylation is 1. The number of carbonyl (C=O) groups is 1. The molecule has 1 amide bonds. The molecule has 0 aliphatic rings. The molecule has 0 radical (unpaired) electrons. The Morgan fingerprint density at radius 1 is 1.25 bits per heavy atom. The summed E-state index contributed by atoms with van der Waals surface area (Å²) in [5.74, 6) is -1.42. The Hall–Kier alpha value is -2.87. The van der Waals surface area contributed by atoms with Gasteiger partial charge >= 0.3 is 0 Å². The van der Waals surface area contributed by atoms with Crippen molar-refractivity contribution in [3.8, 4) is 11.4 Å². The highest BCUT2D eigenvalue weighted by Gasteiger charge is 2.14. The lowest BCUT2D eigenvalue weighted by molar-refractivity contribution is -0.121. The number of hydrogen-bond donors (Lipinski definition) is 2. The molecular formula is C20H20F2N4OS. The SMILES string of the molecule is Cc1cccc(-c2n[nH]c(=S)n2CCC(=O)N[C@H](C)c2ccc(F)c(F)c2)c1. The fourth-order valence-electron chi connectivity index (χ4n) is 2.92. The van der Waals surface area contributed by atoms with Crippen LogP contribution >= 0.6 is 12.2 Å². The van der Waals surface area contributed by atoms with E-state index in [1.54, 1.807) is 11.5 Å². The Morgan fingerprint density at radius 3 is 2.75 bits per heavy atom. The third-order valence-corrected chi connectivity index (χ3v) is 4.73. The summed E-state index contributed by atoms with van der Waals surface area (Å²) in [5, 5.41) is 9.82. The van der Waals surface area contributed by atoms with E-state index >= 15 is 0 Å². The van der Waals surface area contributed by atoms with Gasteiger partial charge in [-0.05, 0) is 49.8 Å². The maximum atomic E-state index is 13.4. The quantitative estimate of drug-likeness (QED) is 0.599. The Balaban J connectivity index is 1.67. The molecule has 3 aromatic rings. The molecule has 1 atom stereocenters. The number of hydrogen-bond acceptors (Lipinski definition) is 3. The van der Waals surface area contributed by atoms with Crippen LogP contribution < -0.4 is 5.32 Å². The van der Waals surface area contributed by atoms with E-state index in [2.05, 4.69) is 15.5 Å². The number of aromatic nitrogens is 3. The summed E-state index contributed by atoms with van der Waals surface area (Å²) < 4.78 is 28.6. The number of halogens is 2. The molecule has 1 heterocycles. The summed E-state index contributed by atoms with van der Waals surface area (Å²) in [6.07, 6.45) is 0.167. The van der Waals surface area contributed by atoms with E-state index in [9.17, 15) is 13.6 Å². The summed E-state index contributed by atoms with van der Waals surface area (Å²) in [4.78, 5) is 12.3. The fraction of sp³-hybridized carbons (Fsp3) is 0.250. The predicted molar refractivity (Wildman–Crippen MR) is 105 cm³/mol. The van der Waals surface area contributed by atoms with Gasteiger partial charge in [0.25, 0.3) is 0 Å². The minimum atomic E-state index is -0.939. The Kier molecular flexibility index (Phi) is 5.99. The second-order valence-electron chi connectivity index (χ2n) is 6.59. The van der Waals surface area contributed by atoms with Crippen LogP contribution in [-0.4, -0.2) is 20.7 Å². The Bertz CT molecular complexity index is 1060. The number of aromatic amines is 1.